The fraction of sp³-hybridized carbons (Fsp3) is 0.833. The summed E-state index contributed by atoms with van der Waals surface area (Å²) >= 11 is 1.87. The molecule has 1 atom stereocenters. The Labute approximate surface area is 60.3 Å². The molecule has 0 fully saturated rings. The quantitative estimate of drug-likeness (QED) is 0.546. The molecule has 52 valence electrons. The molecule has 0 aromatic heterocycles. The van der Waals surface area contributed by atoms with Crippen LogP contribution in [-0.2, 0) is 0 Å². The predicted molar refractivity (Wildman–Crippen MR) is 43.0 cm³/mol. The molecule has 9 heavy (non-hydrogen) atoms. The van der Waals surface area contributed by atoms with E-state index in [0.29, 0.717) is 5.25 Å². The number of hydrazone groups is 1. The van der Waals surface area contributed by atoms with Gasteiger partial charge in [-0.2, -0.15) is 16.9 Å². The lowest BCUT2D eigenvalue weighted by Gasteiger charge is -2.06. The van der Waals surface area contributed by atoms with E-state index in [0.717, 1.165) is 6.54 Å². The molecular weight excluding hydrogens is 132 g/mol. The van der Waals surface area contributed by atoms with Gasteiger partial charge in [-0.1, -0.05) is 0 Å². The van der Waals surface area contributed by atoms with Crippen molar-refractivity contribution in [3.05, 3.63) is 0 Å². The standard InChI is InChI=1S/C6H12N2S/c1-5-6(9-3)4-8(2)7-5/h6H,4H2,1-3H3. The van der Waals surface area contributed by atoms with Gasteiger partial charge in [0.15, 0.2) is 0 Å². The zero-order valence-electron chi connectivity index (χ0n) is 6.09. The fourth-order valence-corrected chi connectivity index (χ4v) is 1.74. The van der Waals surface area contributed by atoms with Gasteiger partial charge in [0.25, 0.3) is 0 Å². The van der Waals surface area contributed by atoms with Crippen LogP contribution in [0.1, 0.15) is 6.92 Å². The van der Waals surface area contributed by atoms with Crippen LogP contribution in [0.4, 0.5) is 0 Å². The molecule has 1 rings (SSSR count). The highest BCUT2D eigenvalue weighted by molar-refractivity contribution is 8.00. The summed E-state index contributed by atoms with van der Waals surface area (Å²) in [6, 6.07) is 0. The number of hydrogen-bond donors (Lipinski definition) is 0. The van der Waals surface area contributed by atoms with E-state index >= 15 is 0 Å². The molecule has 0 N–H and O–H groups in total. The minimum Gasteiger partial charge on any atom is -0.299 e. The third kappa shape index (κ3) is 1.39. The smallest absolute Gasteiger partial charge is 0.0634 e. The predicted octanol–water partition coefficient (Wildman–Crippen LogP) is 1.04. The molecule has 0 aliphatic carbocycles. The van der Waals surface area contributed by atoms with Crippen LogP contribution < -0.4 is 0 Å². The van der Waals surface area contributed by atoms with Crippen molar-refractivity contribution >= 4 is 17.5 Å². The van der Waals surface area contributed by atoms with Crippen molar-refractivity contribution in [2.24, 2.45) is 5.10 Å². The highest BCUT2D eigenvalue weighted by Crippen LogP contribution is 2.15. The maximum atomic E-state index is 4.27. The van der Waals surface area contributed by atoms with Gasteiger partial charge in [0.05, 0.1) is 11.8 Å². The van der Waals surface area contributed by atoms with Gasteiger partial charge in [-0.15, -0.1) is 0 Å². The summed E-state index contributed by atoms with van der Waals surface area (Å²) in [6.07, 6.45) is 2.13. The summed E-state index contributed by atoms with van der Waals surface area (Å²) in [7, 11) is 2.01. The van der Waals surface area contributed by atoms with Crippen LogP contribution in [0, 0.1) is 0 Å². The molecular formula is C6H12N2S. The van der Waals surface area contributed by atoms with Gasteiger partial charge in [-0.05, 0) is 13.2 Å². The first-order valence-electron chi connectivity index (χ1n) is 3.03. The second-order valence-corrected chi connectivity index (χ2v) is 3.35. The van der Waals surface area contributed by atoms with Crippen LogP contribution in [0.25, 0.3) is 0 Å². The van der Waals surface area contributed by atoms with E-state index in [-0.39, 0.29) is 0 Å². The van der Waals surface area contributed by atoms with Crippen LogP contribution in [0.5, 0.6) is 0 Å². The summed E-state index contributed by atoms with van der Waals surface area (Å²) < 4.78 is 0. The zero-order chi connectivity index (χ0) is 6.85. The lowest BCUT2D eigenvalue weighted by Crippen LogP contribution is -2.17. The molecule has 0 aromatic rings. The molecule has 1 aliphatic rings. The lowest BCUT2D eigenvalue weighted by atomic mass is 10.3. The van der Waals surface area contributed by atoms with Gasteiger partial charge in [0.1, 0.15) is 0 Å². The first-order chi connectivity index (χ1) is 4.24. The van der Waals surface area contributed by atoms with Gasteiger partial charge in [-0.25, -0.2) is 0 Å². The highest BCUT2D eigenvalue weighted by atomic mass is 32.2. The molecule has 0 amide bonds. The minimum atomic E-state index is 0.634. The van der Waals surface area contributed by atoms with E-state index in [2.05, 4.69) is 18.3 Å². The molecule has 0 saturated carbocycles. The van der Waals surface area contributed by atoms with Crippen molar-refractivity contribution in [1.29, 1.82) is 0 Å². The normalized spacial score (nSPS) is 26.8. The van der Waals surface area contributed by atoms with Crippen molar-refractivity contribution in [2.45, 2.75) is 12.2 Å². The number of rotatable bonds is 1. The van der Waals surface area contributed by atoms with Gasteiger partial charge in [0.2, 0.25) is 0 Å². The van der Waals surface area contributed by atoms with E-state index in [1.807, 2.05) is 23.8 Å². The summed E-state index contributed by atoms with van der Waals surface area (Å²) in [5.41, 5.74) is 1.25. The van der Waals surface area contributed by atoms with Crippen molar-refractivity contribution in [2.75, 3.05) is 19.8 Å². The topological polar surface area (TPSA) is 15.6 Å². The Kier molecular flexibility index (Phi) is 2.01. The summed E-state index contributed by atoms with van der Waals surface area (Å²) in [5, 5.41) is 6.90. The van der Waals surface area contributed by atoms with Gasteiger partial charge in [0, 0.05) is 12.8 Å². The molecule has 1 aliphatic heterocycles. The molecule has 3 heteroatoms. The van der Waals surface area contributed by atoms with Gasteiger partial charge < -0.3 is 0 Å². The largest absolute Gasteiger partial charge is 0.299 e. The lowest BCUT2D eigenvalue weighted by molar-refractivity contribution is 0.395. The first-order valence-corrected chi connectivity index (χ1v) is 4.32. The molecule has 0 saturated heterocycles. The Morgan fingerprint density at radius 2 is 2.44 bits per heavy atom. The summed E-state index contributed by atoms with van der Waals surface area (Å²) in [6.45, 7) is 3.16. The van der Waals surface area contributed by atoms with Crippen molar-refractivity contribution in [3.8, 4) is 0 Å². The zero-order valence-corrected chi connectivity index (χ0v) is 6.90. The van der Waals surface area contributed by atoms with Crippen LogP contribution in [0.2, 0.25) is 0 Å². The van der Waals surface area contributed by atoms with Crippen LogP contribution in [0.15, 0.2) is 5.10 Å². The highest BCUT2D eigenvalue weighted by Gasteiger charge is 2.18. The molecule has 0 radical (unpaired) electrons. The molecule has 2 nitrogen and oxygen atoms in total. The Hall–Kier alpha value is -0.180. The van der Waals surface area contributed by atoms with Crippen LogP contribution in [0.3, 0.4) is 0 Å². The Balaban J connectivity index is 2.53. The molecule has 0 bridgehead atoms. The van der Waals surface area contributed by atoms with Crippen LogP contribution >= 0.6 is 11.8 Å². The van der Waals surface area contributed by atoms with E-state index in [1.165, 1.54) is 5.71 Å². The molecule has 0 aromatic carbocycles. The van der Waals surface area contributed by atoms with Crippen molar-refractivity contribution < 1.29 is 0 Å². The summed E-state index contributed by atoms with van der Waals surface area (Å²) in [5.74, 6) is 0. The second-order valence-electron chi connectivity index (χ2n) is 2.31. The third-order valence-electron chi connectivity index (χ3n) is 1.51. The van der Waals surface area contributed by atoms with E-state index < -0.39 is 0 Å². The average molecular weight is 144 g/mol. The van der Waals surface area contributed by atoms with E-state index in [4.69, 9.17) is 0 Å². The third-order valence-corrected chi connectivity index (χ3v) is 2.57. The molecule has 1 unspecified atom stereocenters. The monoisotopic (exact) mass is 144 g/mol. The minimum absolute atomic E-state index is 0.634. The van der Waals surface area contributed by atoms with Crippen LogP contribution in [-0.4, -0.2) is 35.8 Å². The number of hydrogen-bond acceptors (Lipinski definition) is 3. The maximum Gasteiger partial charge on any atom is 0.0634 e. The molecule has 0 spiro atoms. The SMILES string of the molecule is CSC1CN(C)N=C1C. The van der Waals surface area contributed by atoms with E-state index in [9.17, 15) is 0 Å². The van der Waals surface area contributed by atoms with Gasteiger partial charge in [-0.3, -0.25) is 5.01 Å². The number of thioether (sulfide) groups is 1. The van der Waals surface area contributed by atoms with Crippen molar-refractivity contribution in [3.63, 3.8) is 0 Å². The maximum absolute atomic E-state index is 4.27. The fourth-order valence-electron chi connectivity index (χ4n) is 0.992. The average Bonchev–Trinajstić information content (AvgIpc) is 2.10. The van der Waals surface area contributed by atoms with E-state index in [1.54, 1.807) is 0 Å². The molecule has 1 heterocycles. The first kappa shape index (κ1) is 6.93. The Bertz CT molecular complexity index is 133. The second kappa shape index (κ2) is 2.60. The Morgan fingerprint density at radius 3 is 2.67 bits per heavy atom. The van der Waals surface area contributed by atoms with Gasteiger partial charge >= 0.3 is 0 Å². The summed E-state index contributed by atoms with van der Waals surface area (Å²) in [4.78, 5) is 0. The Morgan fingerprint density at radius 1 is 1.78 bits per heavy atom. The number of nitrogens with zero attached hydrogens (tertiary/aromatic N) is 2. The van der Waals surface area contributed by atoms with Crippen molar-refractivity contribution in [1.82, 2.24) is 5.01 Å².